The van der Waals surface area contributed by atoms with Gasteiger partial charge in [0, 0.05) is 10.9 Å². The van der Waals surface area contributed by atoms with E-state index < -0.39 is 12.1 Å². The fourth-order valence-electron chi connectivity index (χ4n) is 2.30. The summed E-state index contributed by atoms with van der Waals surface area (Å²) in [5, 5.41) is 10.5. The van der Waals surface area contributed by atoms with E-state index in [1.165, 1.54) is 10.4 Å². The maximum Gasteiger partial charge on any atom is 0.490 e. The van der Waals surface area contributed by atoms with Crippen LogP contribution in [0, 0.1) is 6.92 Å². The predicted molar refractivity (Wildman–Crippen MR) is 107 cm³/mol. The van der Waals surface area contributed by atoms with Crippen molar-refractivity contribution in [3.05, 3.63) is 39.3 Å². The zero-order chi connectivity index (χ0) is 21.8. The first-order valence-corrected chi connectivity index (χ1v) is 9.87. The number of anilines is 1. The fourth-order valence-corrected chi connectivity index (χ4v) is 4.00. The molecule has 1 unspecified atom stereocenters. The quantitative estimate of drug-likeness (QED) is 0.447. The Balaban J connectivity index is 0.000000370. The van der Waals surface area contributed by atoms with Gasteiger partial charge in [-0.2, -0.15) is 13.2 Å². The van der Waals surface area contributed by atoms with E-state index in [0.29, 0.717) is 11.3 Å². The molecule has 0 aliphatic carbocycles. The Kier molecular flexibility index (Phi) is 7.60. The zero-order valence-electron chi connectivity index (χ0n) is 15.4. The van der Waals surface area contributed by atoms with Crippen molar-refractivity contribution in [3.63, 3.8) is 0 Å². The number of alkyl halides is 3. The van der Waals surface area contributed by atoms with E-state index in [1.54, 1.807) is 17.6 Å². The van der Waals surface area contributed by atoms with E-state index in [1.807, 2.05) is 19.1 Å². The number of carboxylic acid groups (broad SMARTS) is 1. The van der Waals surface area contributed by atoms with Crippen LogP contribution in [0.4, 0.5) is 19.0 Å². The van der Waals surface area contributed by atoms with Crippen molar-refractivity contribution >= 4 is 49.3 Å². The highest BCUT2D eigenvalue weighted by Gasteiger charge is 2.38. The van der Waals surface area contributed by atoms with Crippen LogP contribution < -0.4 is 11.1 Å². The molecule has 0 aliphatic heterocycles. The minimum absolute atomic E-state index is 0.127. The molecule has 7 nitrogen and oxygen atoms in total. The number of carbonyl (C=O) groups is 1. The van der Waals surface area contributed by atoms with Gasteiger partial charge in [0.15, 0.2) is 4.73 Å². The van der Waals surface area contributed by atoms with Crippen molar-refractivity contribution in [1.29, 1.82) is 0 Å². The Bertz CT molecular complexity index is 975. The van der Waals surface area contributed by atoms with Gasteiger partial charge in [-0.1, -0.05) is 0 Å². The highest BCUT2D eigenvalue weighted by atomic mass is 79.9. The predicted octanol–water partition coefficient (Wildman–Crippen LogP) is 4.49. The molecule has 0 radical (unpaired) electrons. The number of aromatic nitrogens is 2. The van der Waals surface area contributed by atoms with Crippen LogP contribution >= 0.6 is 27.3 Å². The number of furan rings is 1. The van der Waals surface area contributed by atoms with Gasteiger partial charge in [-0.3, -0.25) is 0 Å². The molecular formula is C17H18BrF3N4O3S. The van der Waals surface area contributed by atoms with Crippen molar-refractivity contribution in [3.8, 4) is 0 Å². The van der Waals surface area contributed by atoms with Crippen LogP contribution in [-0.4, -0.2) is 33.3 Å². The van der Waals surface area contributed by atoms with E-state index in [0.717, 1.165) is 28.2 Å². The normalized spacial score (nSPS) is 12.4. The monoisotopic (exact) mass is 494 g/mol. The number of nitrogens with one attached hydrogen (secondary N) is 1. The van der Waals surface area contributed by atoms with Crippen LogP contribution in [0.1, 0.15) is 23.1 Å². The Labute approximate surface area is 176 Å². The summed E-state index contributed by atoms with van der Waals surface area (Å²) in [7, 11) is 0. The van der Waals surface area contributed by atoms with Gasteiger partial charge >= 0.3 is 12.1 Å². The van der Waals surface area contributed by atoms with Crippen molar-refractivity contribution in [2.75, 3.05) is 5.32 Å². The summed E-state index contributed by atoms with van der Waals surface area (Å²) in [5.74, 6) is -1.07. The summed E-state index contributed by atoms with van der Waals surface area (Å²) < 4.78 is 38.7. The van der Waals surface area contributed by atoms with E-state index in [4.69, 9.17) is 20.1 Å². The summed E-state index contributed by atoms with van der Waals surface area (Å²) in [6.45, 7) is 4.69. The zero-order valence-corrected chi connectivity index (χ0v) is 17.8. The van der Waals surface area contributed by atoms with Gasteiger partial charge in [0.25, 0.3) is 0 Å². The Morgan fingerprint density at radius 2 is 2.10 bits per heavy atom. The lowest BCUT2D eigenvalue weighted by Crippen LogP contribution is -2.21. The molecule has 0 saturated carbocycles. The van der Waals surface area contributed by atoms with Gasteiger partial charge in [0.05, 0.1) is 23.0 Å². The first-order chi connectivity index (χ1) is 13.5. The van der Waals surface area contributed by atoms with E-state index in [2.05, 4.69) is 38.1 Å². The third kappa shape index (κ3) is 6.41. The Morgan fingerprint density at radius 1 is 1.45 bits per heavy atom. The average Bonchev–Trinajstić information content (AvgIpc) is 3.22. The summed E-state index contributed by atoms with van der Waals surface area (Å²) in [6, 6.07) is 3.93. The molecule has 0 spiro atoms. The lowest BCUT2D eigenvalue weighted by atomic mass is 10.1. The Morgan fingerprint density at radius 3 is 2.62 bits per heavy atom. The molecule has 0 aliphatic rings. The van der Waals surface area contributed by atoms with Crippen LogP contribution in [0.15, 0.2) is 27.5 Å². The lowest BCUT2D eigenvalue weighted by Gasteiger charge is -2.05. The first-order valence-electron chi connectivity index (χ1n) is 8.26. The number of hydrogen-bond donors (Lipinski definition) is 3. The first kappa shape index (κ1) is 23.1. The molecule has 0 bridgehead atoms. The molecule has 3 heterocycles. The molecule has 0 saturated heterocycles. The Hall–Kier alpha value is -2.18. The second kappa shape index (κ2) is 9.55. The largest absolute Gasteiger partial charge is 0.490 e. The molecule has 4 N–H and O–H groups in total. The molecule has 1 atom stereocenters. The molecular weight excluding hydrogens is 477 g/mol. The van der Waals surface area contributed by atoms with Crippen molar-refractivity contribution in [2.45, 2.75) is 39.0 Å². The lowest BCUT2D eigenvalue weighted by molar-refractivity contribution is -0.192. The van der Waals surface area contributed by atoms with Gasteiger partial charge in [-0.05, 0) is 53.9 Å². The number of aliphatic carboxylic acids is 1. The number of aryl methyl sites for hydroxylation is 1. The van der Waals surface area contributed by atoms with Crippen LogP contribution in [-0.2, 0) is 17.8 Å². The molecule has 0 amide bonds. The summed E-state index contributed by atoms with van der Waals surface area (Å²) in [6.07, 6.45) is -2.57. The topological polar surface area (TPSA) is 114 Å². The van der Waals surface area contributed by atoms with Crippen molar-refractivity contribution in [2.24, 2.45) is 5.73 Å². The van der Waals surface area contributed by atoms with E-state index >= 15 is 0 Å². The number of carboxylic acids is 1. The van der Waals surface area contributed by atoms with Gasteiger partial charge in [0.2, 0.25) is 0 Å². The number of thiophene rings is 1. The smallest absolute Gasteiger partial charge is 0.475 e. The number of halogens is 4. The number of nitrogens with two attached hydrogens (primary N) is 1. The van der Waals surface area contributed by atoms with Gasteiger partial charge in [-0.25, -0.2) is 14.8 Å². The highest BCUT2D eigenvalue weighted by molar-refractivity contribution is 9.10. The van der Waals surface area contributed by atoms with Crippen LogP contribution in [0.25, 0.3) is 10.2 Å². The van der Waals surface area contributed by atoms with Gasteiger partial charge in [-0.15, -0.1) is 11.3 Å². The van der Waals surface area contributed by atoms with Crippen LogP contribution in [0.3, 0.4) is 0 Å². The molecule has 0 fully saturated rings. The average molecular weight is 495 g/mol. The van der Waals surface area contributed by atoms with Crippen LogP contribution in [0.5, 0.6) is 0 Å². The number of hydrogen-bond acceptors (Lipinski definition) is 7. The number of nitrogens with zero attached hydrogens (tertiary/aromatic N) is 2. The van der Waals surface area contributed by atoms with Crippen molar-refractivity contribution in [1.82, 2.24) is 9.97 Å². The van der Waals surface area contributed by atoms with E-state index in [9.17, 15) is 13.2 Å². The number of rotatable bonds is 5. The molecule has 3 aromatic heterocycles. The summed E-state index contributed by atoms with van der Waals surface area (Å²) in [4.78, 5) is 19.1. The maximum absolute atomic E-state index is 10.6. The minimum atomic E-state index is -5.08. The van der Waals surface area contributed by atoms with Crippen molar-refractivity contribution < 1.29 is 27.5 Å². The van der Waals surface area contributed by atoms with Gasteiger partial charge < -0.3 is 20.6 Å². The molecule has 158 valence electrons. The van der Waals surface area contributed by atoms with E-state index in [-0.39, 0.29) is 6.04 Å². The minimum Gasteiger partial charge on any atom is -0.475 e. The maximum atomic E-state index is 10.6. The SMILES string of the molecule is Cc1c(CC(C)N)sc2c(NCc3ccco3)nc(Br)nc12.O=C(O)C(F)(F)F. The third-order valence-corrected chi connectivity index (χ3v) is 5.26. The standard InChI is InChI=1S/C15H17BrN4OS.C2HF3O2/c1-8(17)6-11-9(2)12-13(22-11)14(20-15(16)19-12)18-7-10-4-3-5-21-10;3-2(4,5)1(6)7/h3-5,8H,6-7,17H2,1-2H3,(H,18,19,20);(H,6,7). The molecule has 0 aromatic carbocycles. The molecule has 29 heavy (non-hydrogen) atoms. The third-order valence-electron chi connectivity index (χ3n) is 3.60. The highest BCUT2D eigenvalue weighted by Crippen LogP contribution is 2.35. The molecule has 3 aromatic rings. The van der Waals surface area contributed by atoms with Crippen LogP contribution in [0.2, 0.25) is 0 Å². The summed E-state index contributed by atoms with van der Waals surface area (Å²) in [5.41, 5.74) is 8.10. The summed E-state index contributed by atoms with van der Waals surface area (Å²) >= 11 is 5.10. The second-order valence-corrected chi connectivity index (χ2v) is 7.90. The molecule has 12 heteroatoms. The molecule has 3 rings (SSSR count). The van der Waals surface area contributed by atoms with Gasteiger partial charge in [0.1, 0.15) is 11.6 Å². The fraction of sp³-hybridized carbons (Fsp3) is 0.353. The number of fused-ring (bicyclic) bond motifs is 1. The second-order valence-electron chi connectivity index (χ2n) is 6.09.